The van der Waals surface area contributed by atoms with Crippen LogP contribution in [0.2, 0.25) is 5.02 Å². The molecule has 1 atom stereocenters. The van der Waals surface area contributed by atoms with Gasteiger partial charge in [0.25, 0.3) is 0 Å². The van der Waals surface area contributed by atoms with Crippen molar-refractivity contribution in [3.63, 3.8) is 0 Å². The van der Waals surface area contributed by atoms with Gasteiger partial charge in [-0.1, -0.05) is 66.2 Å². The molecule has 26 heavy (non-hydrogen) atoms. The molecule has 0 aliphatic carbocycles. The highest BCUT2D eigenvalue weighted by Gasteiger charge is 2.24. The first-order valence-corrected chi connectivity index (χ1v) is 9.27. The Morgan fingerprint density at radius 3 is 2.12 bits per heavy atom. The first-order chi connectivity index (χ1) is 12.7. The number of halogens is 1. The van der Waals surface area contributed by atoms with E-state index in [1.165, 1.54) is 7.11 Å². The third-order valence-electron chi connectivity index (χ3n) is 4.16. The summed E-state index contributed by atoms with van der Waals surface area (Å²) in [6.45, 7) is 0. The van der Waals surface area contributed by atoms with Crippen molar-refractivity contribution in [3.05, 3.63) is 100 Å². The number of carbonyl (C=O) groups excluding carboxylic acids is 1. The highest BCUT2D eigenvalue weighted by atomic mass is 35.5. The molecule has 0 radical (unpaired) electrons. The number of ketones is 1. The van der Waals surface area contributed by atoms with E-state index in [4.69, 9.17) is 16.3 Å². The zero-order valence-corrected chi connectivity index (χ0v) is 15.7. The molecule has 1 unspecified atom stereocenters. The van der Waals surface area contributed by atoms with Gasteiger partial charge in [-0.05, 0) is 29.3 Å². The number of rotatable bonds is 6. The summed E-state index contributed by atoms with van der Waals surface area (Å²) < 4.78 is 17.3. The van der Waals surface area contributed by atoms with Crippen molar-refractivity contribution in [1.82, 2.24) is 0 Å². The van der Waals surface area contributed by atoms with Crippen LogP contribution in [0.25, 0.3) is 0 Å². The fourth-order valence-corrected chi connectivity index (χ4v) is 3.90. The number of hydrogen-bond acceptors (Lipinski definition) is 3. The van der Waals surface area contributed by atoms with Crippen LogP contribution in [0.1, 0.15) is 32.7 Å². The second kappa shape index (κ2) is 8.27. The largest absolute Gasteiger partial charge is 0.496 e. The SMILES string of the molecule is COc1ccccc1C(=O)c1ccccc1C(P=O)c1ccccc1Cl. The molecule has 5 heteroatoms. The Hall–Kier alpha value is -2.48. The maximum absolute atomic E-state index is 13.2. The zero-order valence-electron chi connectivity index (χ0n) is 14.1. The van der Waals surface area contributed by atoms with Crippen molar-refractivity contribution >= 4 is 25.8 Å². The van der Waals surface area contributed by atoms with Gasteiger partial charge >= 0.3 is 0 Å². The lowest BCUT2D eigenvalue weighted by Crippen LogP contribution is -2.09. The van der Waals surface area contributed by atoms with Crippen LogP contribution in [0.5, 0.6) is 5.75 Å². The van der Waals surface area contributed by atoms with Gasteiger partial charge in [0.15, 0.2) is 14.2 Å². The molecule has 3 rings (SSSR count). The number of carbonyl (C=O) groups is 1. The third kappa shape index (κ3) is 3.55. The standard InChI is InChI=1S/C21H16ClO3P/c1-25-19-13-7-5-11-17(19)20(23)14-8-2-3-9-15(14)21(26-24)16-10-4-6-12-18(16)22/h2-13,21H,1H3. The second-order valence-corrected chi connectivity index (χ2v) is 6.78. The van der Waals surface area contributed by atoms with Gasteiger partial charge < -0.3 is 4.74 Å². The van der Waals surface area contributed by atoms with E-state index in [-0.39, 0.29) is 14.2 Å². The molecule has 0 aromatic heterocycles. The highest BCUT2D eigenvalue weighted by Crippen LogP contribution is 2.40. The van der Waals surface area contributed by atoms with Crippen molar-refractivity contribution in [3.8, 4) is 5.75 Å². The van der Waals surface area contributed by atoms with Gasteiger partial charge in [0.1, 0.15) is 5.75 Å². The Morgan fingerprint density at radius 2 is 1.46 bits per heavy atom. The van der Waals surface area contributed by atoms with E-state index < -0.39 is 5.66 Å². The lowest BCUT2D eigenvalue weighted by molar-refractivity contribution is 0.103. The van der Waals surface area contributed by atoms with Crippen molar-refractivity contribution in [2.45, 2.75) is 5.66 Å². The van der Waals surface area contributed by atoms with Crippen LogP contribution in [0.4, 0.5) is 0 Å². The Labute approximate surface area is 158 Å². The van der Waals surface area contributed by atoms with E-state index >= 15 is 0 Å². The Morgan fingerprint density at radius 1 is 0.885 bits per heavy atom. The molecule has 0 aliphatic heterocycles. The van der Waals surface area contributed by atoms with Crippen molar-refractivity contribution in [1.29, 1.82) is 0 Å². The Bertz CT molecular complexity index is 955. The summed E-state index contributed by atoms with van der Waals surface area (Å²) in [5, 5.41) is 0.514. The molecule has 3 aromatic carbocycles. The number of hydrogen-bond donors (Lipinski definition) is 0. The van der Waals surface area contributed by atoms with Gasteiger partial charge in [0, 0.05) is 10.6 Å². The molecule has 0 heterocycles. The van der Waals surface area contributed by atoms with Crippen molar-refractivity contribution in [2.24, 2.45) is 0 Å². The monoisotopic (exact) mass is 382 g/mol. The molecule has 3 nitrogen and oxygen atoms in total. The van der Waals surface area contributed by atoms with Crippen LogP contribution in [-0.4, -0.2) is 12.9 Å². The average molecular weight is 383 g/mol. The quantitative estimate of drug-likeness (QED) is 0.390. The maximum atomic E-state index is 13.2. The van der Waals surface area contributed by atoms with Gasteiger partial charge in [-0.25, -0.2) is 0 Å². The van der Waals surface area contributed by atoms with Crippen LogP contribution in [-0.2, 0) is 4.57 Å². The van der Waals surface area contributed by atoms with Gasteiger partial charge in [-0.3, -0.25) is 9.36 Å². The second-order valence-electron chi connectivity index (χ2n) is 5.65. The molecule has 3 aromatic rings. The summed E-state index contributed by atoms with van der Waals surface area (Å²) in [5.41, 5.74) is 1.78. The molecule has 0 bridgehead atoms. The van der Waals surface area contributed by atoms with Crippen molar-refractivity contribution in [2.75, 3.05) is 7.11 Å². The topological polar surface area (TPSA) is 43.4 Å². The number of para-hydroxylation sites is 1. The molecular formula is C21H16ClO3P. The van der Waals surface area contributed by atoms with E-state index in [2.05, 4.69) is 0 Å². The molecular weight excluding hydrogens is 367 g/mol. The number of ether oxygens (including phenoxy) is 1. The van der Waals surface area contributed by atoms with E-state index in [1.54, 1.807) is 36.4 Å². The van der Waals surface area contributed by atoms with Crippen molar-refractivity contribution < 1.29 is 14.1 Å². The predicted molar refractivity (Wildman–Crippen MR) is 104 cm³/mol. The van der Waals surface area contributed by atoms with Crippen LogP contribution in [0.15, 0.2) is 72.8 Å². The zero-order chi connectivity index (χ0) is 18.5. The van der Waals surface area contributed by atoms with E-state index in [1.807, 2.05) is 36.4 Å². The van der Waals surface area contributed by atoms with Crippen LogP contribution < -0.4 is 4.74 Å². The number of benzene rings is 3. The van der Waals surface area contributed by atoms with E-state index in [9.17, 15) is 9.36 Å². The molecule has 0 saturated heterocycles. The van der Waals surface area contributed by atoms with Gasteiger partial charge in [-0.15, -0.1) is 0 Å². The summed E-state index contributed by atoms with van der Waals surface area (Å²) in [6, 6.07) is 21.4. The molecule has 0 amide bonds. The summed E-state index contributed by atoms with van der Waals surface area (Å²) in [6.07, 6.45) is 0. The average Bonchev–Trinajstić information content (AvgIpc) is 2.70. The van der Waals surface area contributed by atoms with Crippen LogP contribution >= 0.6 is 20.1 Å². The van der Waals surface area contributed by atoms with Crippen LogP contribution in [0, 0.1) is 0 Å². The van der Waals surface area contributed by atoms with Gasteiger partial charge in [-0.2, -0.15) is 0 Å². The molecule has 130 valence electrons. The molecule has 0 N–H and O–H groups in total. The first kappa shape index (κ1) is 18.3. The minimum atomic E-state index is -0.529. The molecule has 0 spiro atoms. The first-order valence-electron chi connectivity index (χ1n) is 8.01. The summed E-state index contributed by atoms with van der Waals surface area (Å²) in [4.78, 5) is 13.2. The van der Waals surface area contributed by atoms with Gasteiger partial charge in [0.2, 0.25) is 0 Å². The third-order valence-corrected chi connectivity index (χ3v) is 5.27. The smallest absolute Gasteiger partial charge is 0.197 e. The predicted octanol–water partition coefficient (Wildman–Crippen LogP) is 5.96. The lowest BCUT2D eigenvalue weighted by Gasteiger charge is -2.16. The normalized spacial score (nSPS) is 11.9. The molecule has 0 aliphatic rings. The minimum Gasteiger partial charge on any atom is -0.496 e. The lowest BCUT2D eigenvalue weighted by atomic mass is 9.93. The van der Waals surface area contributed by atoms with Crippen LogP contribution in [0.3, 0.4) is 0 Å². The van der Waals surface area contributed by atoms with E-state index in [0.717, 1.165) is 0 Å². The Balaban J connectivity index is 2.13. The molecule has 0 saturated carbocycles. The number of methoxy groups -OCH3 is 1. The summed E-state index contributed by atoms with van der Waals surface area (Å²) in [5.74, 6) is 0.319. The summed E-state index contributed by atoms with van der Waals surface area (Å²) in [7, 11) is 1.40. The maximum Gasteiger partial charge on any atom is 0.197 e. The minimum absolute atomic E-state index is 0.132. The van der Waals surface area contributed by atoms with Gasteiger partial charge in [0.05, 0.1) is 18.3 Å². The van der Waals surface area contributed by atoms with E-state index in [0.29, 0.717) is 33.0 Å². The Kier molecular flexibility index (Phi) is 5.82. The fourth-order valence-electron chi connectivity index (χ4n) is 2.90. The summed E-state index contributed by atoms with van der Waals surface area (Å²) >= 11 is 6.30. The molecule has 0 fully saturated rings. The fraction of sp³-hybridized carbons (Fsp3) is 0.0952. The highest BCUT2D eigenvalue weighted by molar-refractivity contribution is 7.24.